The van der Waals surface area contributed by atoms with Crippen molar-refractivity contribution in [2.75, 3.05) is 24.1 Å². The molecule has 0 aliphatic heterocycles. The SMILES string of the molecule is CC(C)N(CCC#N)CC(=O)Nc1ccc(F)cc1N. The molecule has 0 bridgehead atoms. The predicted molar refractivity (Wildman–Crippen MR) is 76.4 cm³/mol. The second-order valence-corrected chi connectivity index (χ2v) is 4.75. The molecule has 0 saturated heterocycles. The van der Waals surface area contributed by atoms with Gasteiger partial charge >= 0.3 is 0 Å². The first-order chi connectivity index (χ1) is 9.43. The van der Waals surface area contributed by atoms with E-state index in [0.717, 1.165) is 6.07 Å². The fourth-order valence-electron chi connectivity index (χ4n) is 1.74. The van der Waals surface area contributed by atoms with Gasteiger partial charge in [-0.1, -0.05) is 0 Å². The summed E-state index contributed by atoms with van der Waals surface area (Å²) in [5.74, 6) is -0.687. The van der Waals surface area contributed by atoms with Crippen LogP contribution in [-0.4, -0.2) is 29.9 Å². The molecule has 0 fully saturated rings. The van der Waals surface area contributed by atoms with Crippen LogP contribution in [0.1, 0.15) is 20.3 Å². The minimum atomic E-state index is -0.446. The van der Waals surface area contributed by atoms with E-state index < -0.39 is 5.82 Å². The van der Waals surface area contributed by atoms with Gasteiger partial charge in [0, 0.05) is 19.0 Å². The summed E-state index contributed by atoms with van der Waals surface area (Å²) >= 11 is 0. The van der Waals surface area contributed by atoms with Crippen molar-refractivity contribution < 1.29 is 9.18 Å². The Morgan fingerprint density at radius 3 is 2.80 bits per heavy atom. The molecule has 3 N–H and O–H groups in total. The molecule has 0 atom stereocenters. The van der Waals surface area contributed by atoms with Gasteiger partial charge in [0.25, 0.3) is 0 Å². The number of anilines is 2. The first kappa shape index (κ1) is 15.9. The highest BCUT2D eigenvalue weighted by molar-refractivity contribution is 5.95. The average Bonchev–Trinajstić information content (AvgIpc) is 2.37. The number of nitriles is 1. The molecule has 1 aromatic carbocycles. The van der Waals surface area contributed by atoms with Gasteiger partial charge in [-0.3, -0.25) is 9.69 Å². The van der Waals surface area contributed by atoms with Crippen molar-refractivity contribution >= 4 is 17.3 Å². The number of nitrogens with one attached hydrogen (secondary N) is 1. The molecule has 1 amide bonds. The summed E-state index contributed by atoms with van der Waals surface area (Å²) in [5, 5.41) is 11.2. The summed E-state index contributed by atoms with van der Waals surface area (Å²) in [7, 11) is 0. The van der Waals surface area contributed by atoms with Crippen LogP contribution in [0.3, 0.4) is 0 Å². The Kier molecular flexibility index (Phi) is 5.94. The highest BCUT2D eigenvalue weighted by atomic mass is 19.1. The molecule has 1 rings (SSSR count). The Hall–Kier alpha value is -2.13. The highest BCUT2D eigenvalue weighted by Crippen LogP contribution is 2.19. The number of nitrogens with two attached hydrogens (primary N) is 1. The van der Waals surface area contributed by atoms with E-state index in [1.165, 1.54) is 12.1 Å². The zero-order chi connectivity index (χ0) is 15.1. The van der Waals surface area contributed by atoms with Gasteiger partial charge in [-0.2, -0.15) is 5.26 Å². The third-order valence-electron chi connectivity index (χ3n) is 2.88. The van der Waals surface area contributed by atoms with Gasteiger partial charge in [0.2, 0.25) is 5.91 Å². The molecule has 0 spiro atoms. The third-order valence-corrected chi connectivity index (χ3v) is 2.88. The van der Waals surface area contributed by atoms with Crippen molar-refractivity contribution in [3.8, 4) is 6.07 Å². The maximum Gasteiger partial charge on any atom is 0.238 e. The van der Waals surface area contributed by atoms with E-state index in [0.29, 0.717) is 18.7 Å². The van der Waals surface area contributed by atoms with Gasteiger partial charge in [0.15, 0.2) is 0 Å². The molecule has 20 heavy (non-hydrogen) atoms. The zero-order valence-corrected chi connectivity index (χ0v) is 11.7. The lowest BCUT2D eigenvalue weighted by Crippen LogP contribution is -2.38. The monoisotopic (exact) mass is 278 g/mol. The van der Waals surface area contributed by atoms with Crippen molar-refractivity contribution in [2.24, 2.45) is 0 Å². The molecular weight excluding hydrogens is 259 g/mol. The van der Waals surface area contributed by atoms with E-state index in [1.54, 1.807) is 0 Å². The summed E-state index contributed by atoms with van der Waals surface area (Å²) in [4.78, 5) is 13.8. The van der Waals surface area contributed by atoms with E-state index in [1.807, 2.05) is 18.7 Å². The Bertz CT molecular complexity index is 510. The quantitative estimate of drug-likeness (QED) is 0.779. The summed E-state index contributed by atoms with van der Waals surface area (Å²) < 4.78 is 12.9. The standard InChI is InChI=1S/C14H19FN4O/c1-10(2)19(7-3-6-16)9-14(20)18-13-5-4-11(15)8-12(13)17/h4-5,8,10H,3,7,9,17H2,1-2H3,(H,18,20). The van der Waals surface area contributed by atoms with E-state index in [2.05, 4.69) is 11.4 Å². The number of amides is 1. The van der Waals surface area contributed by atoms with Crippen molar-refractivity contribution in [3.63, 3.8) is 0 Å². The minimum Gasteiger partial charge on any atom is -0.397 e. The van der Waals surface area contributed by atoms with Gasteiger partial charge < -0.3 is 11.1 Å². The number of benzene rings is 1. The molecule has 0 unspecified atom stereocenters. The van der Waals surface area contributed by atoms with Crippen LogP contribution in [0.2, 0.25) is 0 Å². The van der Waals surface area contributed by atoms with Crippen molar-refractivity contribution in [3.05, 3.63) is 24.0 Å². The molecule has 1 aromatic rings. The van der Waals surface area contributed by atoms with E-state index in [9.17, 15) is 9.18 Å². The normalized spacial score (nSPS) is 10.6. The van der Waals surface area contributed by atoms with Gasteiger partial charge in [0.1, 0.15) is 5.82 Å². The largest absolute Gasteiger partial charge is 0.397 e. The number of carbonyl (C=O) groups excluding carboxylic acids is 1. The van der Waals surface area contributed by atoms with Crippen LogP contribution in [-0.2, 0) is 4.79 Å². The van der Waals surface area contributed by atoms with Crippen LogP contribution >= 0.6 is 0 Å². The van der Waals surface area contributed by atoms with Crippen LogP contribution in [0.4, 0.5) is 15.8 Å². The summed E-state index contributed by atoms with van der Waals surface area (Å²) in [6.07, 6.45) is 0.365. The van der Waals surface area contributed by atoms with Crippen molar-refractivity contribution in [1.29, 1.82) is 5.26 Å². The molecule has 0 aromatic heterocycles. The van der Waals surface area contributed by atoms with E-state index in [4.69, 9.17) is 11.0 Å². The van der Waals surface area contributed by atoms with Crippen LogP contribution in [0.15, 0.2) is 18.2 Å². The summed E-state index contributed by atoms with van der Waals surface area (Å²) in [5.41, 5.74) is 6.20. The maximum atomic E-state index is 12.9. The van der Waals surface area contributed by atoms with Crippen LogP contribution < -0.4 is 11.1 Å². The molecule has 5 nitrogen and oxygen atoms in total. The number of hydrogen-bond donors (Lipinski definition) is 2. The van der Waals surface area contributed by atoms with E-state index in [-0.39, 0.29) is 24.2 Å². The molecule has 0 saturated carbocycles. The molecule has 0 aliphatic carbocycles. The Labute approximate surface area is 118 Å². The van der Waals surface area contributed by atoms with Gasteiger partial charge in [0.05, 0.1) is 24.0 Å². The fourth-order valence-corrected chi connectivity index (χ4v) is 1.74. The van der Waals surface area contributed by atoms with Crippen LogP contribution in [0.5, 0.6) is 0 Å². The van der Waals surface area contributed by atoms with Crippen LogP contribution in [0, 0.1) is 17.1 Å². The minimum absolute atomic E-state index is 0.152. The molecular formula is C14H19FN4O. The van der Waals surface area contributed by atoms with Gasteiger partial charge in [-0.15, -0.1) is 0 Å². The lowest BCUT2D eigenvalue weighted by Gasteiger charge is -2.24. The Balaban J connectivity index is 2.63. The number of nitrogen functional groups attached to an aromatic ring is 1. The molecule has 0 aliphatic rings. The number of halogens is 1. The fraction of sp³-hybridized carbons (Fsp3) is 0.429. The molecule has 108 valence electrons. The van der Waals surface area contributed by atoms with Gasteiger partial charge in [-0.05, 0) is 32.0 Å². The second-order valence-electron chi connectivity index (χ2n) is 4.75. The number of nitrogens with zero attached hydrogens (tertiary/aromatic N) is 2. The zero-order valence-electron chi connectivity index (χ0n) is 11.7. The average molecular weight is 278 g/mol. The number of hydrogen-bond acceptors (Lipinski definition) is 4. The van der Waals surface area contributed by atoms with Crippen molar-refractivity contribution in [2.45, 2.75) is 26.3 Å². The number of carbonyl (C=O) groups is 1. The first-order valence-corrected chi connectivity index (χ1v) is 6.40. The third kappa shape index (κ3) is 4.86. The lowest BCUT2D eigenvalue weighted by atomic mass is 10.2. The molecule has 0 heterocycles. The smallest absolute Gasteiger partial charge is 0.238 e. The molecule has 0 radical (unpaired) electrons. The second kappa shape index (κ2) is 7.46. The maximum absolute atomic E-state index is 12.9. The molecule has 6 heteroatoms. The number of rotatable bonds is 6. The van der Waals surface area contributed by atoms with Crippen LogP contribution in [0.25, 0.3) is 0 Å². The van der Waals surface area contributed by atoms with E-state index >= 15 is 0 Å². The summed E-state index contributed by atoms with van der Waals surface area (Å²) in [6, 6.07) is 6.03. The van der Waals surface area contributed by atoms with Crippen molar-refractivity contribution in [1.82, 2.24) is 4.90 Å². The Morgan fingerprint density at radius 1 is 1.55 bits per heavy atom. The first-order valence-electron chi connectivity index (χ1n) is 6.40. The predicted octanol–water partition coefficient (Wildman–Crippen LogP) is 1.97. The topological polar surface area (TPSA) is 82.2 Å². The Morgan fingerprint density at radius 2 is 2.25 bits per heavy atom. The van der Waals surface area contributed by atoms with Gasteiger partial charge in [-0.25, -0.2) is 4.39 Å². The highest BCUT2D eigenvalue weighted by Gasteiger charge is 2.14. The summed E-state index contributed by atoms with van der Waals surface area (Å²) in [6.45, 7) is 4.60. The lowest BCUT2D eigenvalue weighted by molar-refractivity contribution is -0.117.